The summed E-state index contributed by atoms with van der Waals surface area (Å²) in [4.78, 5) is 6.07. The molecule has 1 N–H and O–H groups in total. The Morgan fingerprint density at radius 3 is 2.81 bits per heavy atom. The zero-order chi connectivity index (χ0) is 14.8. The van der Waals surface area contributed by atoms with Gasteiger partial charge in [-0.05, 0) is 37.8 Å². The zero-order valence-electron chi connectivity index (χ0n) is 12.8. The summed E-state index contributed by atoms with van der Waals surface area (Å²) in [6, 6.07) is 9.48. The third-order valence-corrected chi connectivity index (χ3v) is 5.00. The van der Waals surface area contributed by atoms with Crippen LogP contribution in [0.4, 0.5) is 0 Å². The minimum atomic E-state index is 0.201. The molecule has 0 spiro atoms. The number of aryl methyl sites for hydroxylation is 2. The lowest BCUT2D eigenvalue weighted by atomic mass is 10.0. The van der Waals surface area contributed by atoms with Crippen molar-refractivity contribution in [3.8, 4) is 0 Å². The van der Waals surface area contributed by atoms with Gasteiger partial charge < -0.3 is 10.1 Å². The highest BCUT2D eigenvalue weighted by molar-refractivity contribution is 7.11. The van der Waals surface area contributed by atoms with E-state index >= 15 is 0 Å². The maximum Gasteiger partial charge on any atom is 0.115 e. The summed E-state index contributed by atoms with van der Waals surface area (Å²) in [6.07, 6.45) is 2.55. The van der Waals surface area contributed by atoms with E-state index in [1.807, 2.05) is 0 Å². The number of nitrogens with zero attached hydrogens (tertiary/aromatic N) is 1. The van der Waals surface area contributed by atoms with Crippen molar-refractivity contribution in [2.24, 2.45) is 0 Å². The van der Waals surface area contributed by atoms with Gasteiger partial charge in [0.2, 0.25) is 0 Å². The highest BCUT2D eigenvalue weighted by Gasteiger charge is 2.28. The number of benzene rings is 1. The summed E-state index contributed by atoms with van der Waals surface area (Å²) in [5.74, 6) is 0. The fraction of sp³-hybridized carbons (Fsp3) is 0.471. The fourth-order valence-corrected chi connectivity index (χ4v) is 3.46. The van der Waals surface area contributed by atoms with Gasteiger partial charge in [0.05, 0.1) is 18.3 Å². The first kappa shape index (κ1) is 14.7. The van der Waals surface area contributed by atoms with Gasteiger partial charge in [0.15, 0.2) is 0 Å². The van der Waals surface area contributed by atoms with Gasteiger partial charge in [-0.15, -0.1) is 11.3 Å². The Balaban J connectivity index is 1.92. The summed E-state index contributed by atoms with van der Waals surface area (Å²) in [5.41, 5.74) is 3.64. The summed E-state index contributed by atoms with van der Waals surface area (Å²) in [5, 5.41) is 4.91. The number of aromatic nitrogens is 1. The number of hydrogen-bond donors (Lipinski definition) is 1. The van der Waals surface area contributed by atoms with Crippen LogP contribution in [0.5, 0.6) is 0 Å². The van der Waals surface area contributed by atoms with Crippen molar-refractivity contribution in [1.29, 1.82) is 0 Å². The molecular weight excluding hydrogens is 280 g/mol. The van der Waals surface area contributed by atoms with Gasteiger partial charge in [0.25, 0.3) is 0 Å². The molecule has 4 heteroatoms. The van der Waals surface area contributed by atoms with Crippen molar-refractivity contribution in [1.82, 2.24) is 10.3 Å². The molecule has 1 fully saturated rings. The Kier molecular flexibility index (Phi) is 4.38. The lowest BCUT2D eigenvalue weighted by molar-refractivity contribution is 0.185. The van der Waals surface area contributed by atoms with Crippen LogP contribution in [0.3, 0.4) is 0 Å². The van der Waals surface area contributed by atoms with Crippen LogP contribution in [0.1, 0.15) is 45.6 Å². The molecule has 3 nitrogen and oxygen atoms in total. The Morgan fingerprint density at radius 2 is 2.19 bits per heavy atom. The second kappa shape index (κ2) is 6.26. The van der Waals surface area contributed by atoms with Crippen LogP contribution in [0.2, 0.25) is 0 Å². The van der Waals surface area contributed by atoms with Crippen molar-refractivity contribution in [2.75, 3.05) is 7.11 Å². The third-order valence-electron chi connectivity index (χ3n) is 3.87. The molecule has 21 heavy (non-hydrogen) atoms. The monoisotopic (exact) mass is 302 g/mol. The third kappa shape index (κ3) is 3.51. The predicted molar refractivity (Wildman–Crippen MR) is 86.7 cm³/mol. The number of nitrogens with one attached hydrogen (secondary N) is 1. The normalized spacial score (nSPS) is 16.1. The van der Waals surface area contributed by atoms with Crippen LogP contribution in [0.25, 0.3) is 0 Å². The van der Waals surface area contributed by atoms with E-state index in [0.29, 0.717) is 12.6 Å². The van der Waals surface area contributed by atoms with Gasteiger partial charge in [-0.25, -0.2) is 4.98 Å². The van der Waals surface area contributed by atoms with Crippen LogP contribution in [0.15, 0.2) is 24.3 Å². The van der Waals surface area contributed by atoms with Crippen LogP contribution in [-0.2, 0) is 11.3 Å². The van der Waals surface area contributed by atoms with Gasteiger partial charge >= 0.3 is 0 Å². The van der Waals surface area contributed by atoms with Gasteiger partial charge in [-0.2, -0.15) is 0 Å². The first-order chi connectivity index (χ1) is 10.2. The molecule has 1 saturated carbocycles. The molecule has 1 heterocycles. The number of methoxy groups -OCH3 is 1. The molecule has 0 saturated heterocycles. The first-order valence-electron chi connectivity index (χ1n) is 7.45. The number of rotatable bonds is 6. The molecule has 0 aliphatic heterocycles. The summed E-state index contributed by atoms with van der Waals surface area (Å²) in [7, 11) is 1.74. The quantitative estimate of drug-likeness (QED) is 0.882. The fourth-order valence-electron chi connectivity index (χ4n) is 2.45. The Morgan fingerprint density at radius 1 is 1.38 bits per heavy atom. The van der Waals surface area contributed by atoms with Gasteiger partial charge in [-0.1, -0.05) is 24.3 Å². The van der Waals surface area contributed by atoms with Gasteiger partial charge in [-0.3, -0.25) is 0 Å². The van der Waals surface area contributed by atoms with Crippen LogP contribution in [-0.4, -0.2) is 18.1 Å². The molecule has 3 rings (SSSR count). The van der Waals surface area contributed by atoms with E-state index in [1.54, 1.807) is 18.4 Å². The average Bonchev–Trinajstić information content (AvgIpc) is 3.23. The molecule has 1 aliphatic carbocycles. The molecule has 1 aromatic heterocycles. The molecule has 0 radical (unpaired) electrons. The molecule has 1 aliphatic rings. The molecule has 0 amide bonds. The maximum absolute atomic E-state index is 5.25. The second-order valence-electron chi connectivity index (χ2n) is 5.75. The largest absolute Gasteiger partial charge is 0.380 e. The molecule has 1 aromatic carbocycles. The molecule has 2 aromatic rings. The predicted octanol–water partition coefficient (Wildman–Crippen LogP) is 3.75. The average molecular weight is 302 g/mol. The van der Waals surface area contributed by atoms with Crippen molar-refractivity contribution in [3.05, 3.63) is 51.0 Å². The van der Waals surface area contributed by atoms with E-state index in [2.05, 4.69) is 43.4 Å². The zero-order valence-corrected chi connectivity index (χ0v) is 13.7. The van der Waals surface area contributed by atoms with Crippen molar-refractivity contribution in [2.45, 2.75) is 45.4 Å². The maximum atomic E-state index is 5.25. The van der Waals surface area contributed by atoms with Crippen LogP contribution in [0, 0.1) is 13.8 Å². The van der Waals surface area contributed by atoms with E-state index in [0.717, 1.165) is 5.69 Å². The Labute approximate surface area is 130 Å². The summed E-state index contributed by atoms with van der Waals surface area (Å²) < 4.78 is 5.25. The van der Waals surface area contributed by atoms with E-state index in [4.69, 9.17) is 9.72 Å². The number of thiazole rings is 1. The van der Waals surface area contributed by atoms with E-state index in [9.17, 15) is 0 Å². The molecule has 112 valence electrons. The summed E-state index contributed by atoms with van der Waals surface area (Å²) in [6.45, 7) is 4.89. The lowest BCUT2D eigenvalue weighted by Gasteiger charge is -2.17. The first-order valence-corrected chi connectivity index (χ1v) is 8.26. The SMILES string of the molecule is COCc1cccc(C(NC2CC2)c2nc(C)c(C)s2)c1. The molecule has 1 atom stereocenters. The van der Waals surface area contributed by atoms with E-state index < -0.39 is 0 Å². The minimum Gasteiger partial charge on any atom is -0.380 e. The number of hydrogen-bond acceptors (Lipinski definition) is 4. The minimum absolute atomic E-state index is 0.201. The Bertz CT molecular complexity index is 600. The van der Waals surface area contributed by atoms with Crippen molar-refractivity contribution in [3.63, 3.8) is 0 Å². The topological polar surface area (TPSA) is 34.1 Å². The molecule has 0 bridgehead atoms. The summed E-state index contributed by atoms with van der Waals surface area (Å²) >= 11 is 1.80. The molecule has 1 unspecified atom stereocenters. The highest BCUT2D eigenvalue weighted by atomic mass is 32.1. The van der Waals surface area contributed by atoms with Crippen LogP contribution >= 0.6 is 11.3 Å². The lowest BCUT2D eigenvalue weighted by Crippen LogP contribution is -2.24. The number of ether oxygens (including phenoxy) is 1. The highest BCUT2D eigenvalue weighted by Crippen LogP contribution is 2.32. The van der Waals surface area contributed by atoms with Gasteiger partial charge in [0, 0.05) is 18.0 Å². The van der Waals surface area contributed by atoms with E-state index in [1.165, 1.54) is 33.9 Å². The van der Waals surface area contributed by atoms with Crippen molar-refractivity contribution < 1.29 is 4.74 Å². The smallest absolute Gasteiger partial charge is 0.115 e. The second-order valence-corrected chi connectivity index (χ2v) is 6.98. The standard InChI is InChI=1S/C17H22N2OS/c1-11-12(2)21-17(18-11)16(19-15-7-8-15)14-6-4-5-13(9-14)10-20-3/h4-6,9,15-16,19H,7-8,10H2,1-3H3. The molecular formula is C17H22N2OS. The Hall–Kier alpha value is -1.23. The van der Waals surface area contributed by atoms with Crippen LogP contribution < -0.4 is 5.32 Å². The van der Waals surface area contributed by atoms with Gasteiger partial charge in [0.1, 0.15) is 5.01 Å². The van der Waals surface area contributed by atoms with Crippen molar-refractivity contribution >= 4 is 11.3 Å². The van der Waals surface area contributed by atoms with E-state index in [-0.39, 0.29) is 6.04 Å².